The number of anilines is 1. The van der Waals surface area contributed by atoms with Crippen LogP contribution in [0.3, 0.4) is 0 Å². The van der Waals surface area contributed by atoms with E-state index in [9.17, 15) is 4.79 Å². The van der Waals surface area contributed by atoms with Gasteiger partial charge < -0.3 is 10.3 Å². The molecule has 5 heteroatoms. The molecule has 0 fully saturated rings. The predicted octanol–water partition coefficient (Wildman–Crippen LogP) is 4.05. The summed E-state index contributed by atoms with van der Waals surface area (Å²) in [6, 6.07) is 14.8. The van der Waals surface area contributed by atoms with E-state index in [1.54, 1.807) is 24.4 Å². The van der Waals surface area contributed by atoms with Gasteiger partial charge in [0.25, 0.3) is 5.91 Å². The Balaban J connectivity index is 1.97. The van der Waals surface area contributed by atoms with Gasteiger partial charge in [0.2, 0.25) is 0 Å². The Bertz CT molecular complexity index is 877. The second-order valence-corrected chi connectivity index (χ2v) is 5.42. The first kappa shape index (κ1) is 13.4. The first-order valence-corrected chi connectivity index (χ1v) is 7.05. The molecule has 2 aromatic carbocycles. The van der Waals surface area contributed by atoms with Crippen LogP contribution in [0.25, 0.3) is 10.9 Å². The van der Waals surface area contributed by atoms with Crippen molar-refractivity contribution in [2.45, 2.75) is 0 Å². The molecule has 0 saturated carbocycles. The van der Waals surface area contributed by atoms with Crippen LogP contribution in [0.5, 0.6) is 0 Å². The number of nitriles is 1. The molecule has 1 heterocycles. The summed E-state index contributed by atoms with van der Waals surface area (Å²) in [4.78, 5) is 15.5. The molecule has 1 aromatic heterocycles. The van der Waals surface area contributed by atoms with E-state index in [1.165, 1.54) is 0 Å². The summed E-state index contributed by atoms with van der Waals surface area (Å²) < 4.78 is 0.802. The number of hydrogen-bond donors (Lipinski definition) is 2. The van der Waals surface area contributed by atoms with Crippen LogP contribution in [-0.4, -0.2) is 10.9 Å². The fraction of sp³-hybridized carbons (Fsp3) is 0. The average Bonchev–Trinajstić information content (AvgIpc) is 2.91. The number of H-pyrrole nitrogens is 1. The number of amides is 1. The Kier molecular flexibility index (Phi) is 3.46. The molecule has 2 N–H and O–H groups in total. The highest BCUT2D eigenvalue weighted by atomic mass is 79.9. The number of carbonyl (C=O) groups is 1. The number of nitrogens with zero attached hydrogens (tertiary/aromatic N) is 1. The Morgan fingerprint density at radius 2 is 2.05 bits per heavy atom. The van der Waals surface area contributed by atoms with E-state index < -0.39 is 0 Å². The van der Waals surface area contributed by atoms with Gasteiger partial charge in [0, 0.05) is 21.6 Å². The van der Waals surface area contributed by atoms with E-state index >= 15 is 0 Å². The number of nitrogens with one attached hydrogen (secondary N) is 2. The number of carbonyl (C=O) groups excluding carboxylic acids is 1. The van der Waals surface area contributed by atoms with E-state index in [1.807, 2.05) is 24.3 Å². The third-order valence-corrected chi connectivity index (χ3v) is 3.68. The number of hydrogen-bond acceptors (Lipinski definition) is 2. The van der Waals surface area contributed by atoms with Crippen molar-refractivity contribution < 1.29 is 4.79 Å². The molecule has 3 aromatic rings. The Morgan fingerprint density at radius 3 is 2.86 bits per heavy atom. The highest BCUT2D eigenvalue weighted by Crippen LogP contribution is 2.23. The topological polar surface area (TPSA) is 68.7 Å². The molecule has 0 unspecified atom stereocenters. The lowest BCUT2D eigenvalue weighted by molar-refractivity contribution is 0.102. The fourth-order valence-electron chi connectivity index (χ4n) is 2.17. The molecule has 4 nitrogen and oxygen atoms in total. The van der Waals surface area contributed by atoms with Gasteiger partial charge in [-0.2, -0.15) is 5.26 Å². The molecule has 0 aliphatic carbocycles. The number of para-hydroxylation sites is 1. The molecule has 1 amide bonds. The minimum Gasteiger partial charge on any atom is -0.360 e. The van der Waals surface area contributed by atoms with Gasteiger partial charge in [-0.05, 0) is 24.3 Å². The zero-order valence-corrected chi connectivity index (χ0v) is 12.4. The van der Waals surface area contributed by atoms with Gasteiger partial charge in [-0.15, -0.1) is 0 Å². The van der Waals surface area contributed by atoms with Crippen molar-refractivity contribution in [2.75, 3.05) is 5.32 Å². The number of fused-ring (bicyclic) bond motifs is 1. The molecular weight excluding hydrogens is 330 g/mol. The van der Waals surface area contributed by atoms with E-state index in [0.717, 1.165) is 15.4 Å². The Labute approximate surface area is 129 Å². The Hall–Kier alpha value is -2.58. The van der Waals surface area contributed by atoms with Crippen molar-refractivity contribution in [1.29, 1.82) is 5.26 Å². The van der Waals surface area contributed by atoms with Crippen LogP contribution in [0.15, 0.2) is 53.1 Å². The average molecular weight is 340 g/mol. The van der Waals surface area contributed by atoms with Crippen molar-refractivity contribution in [3.63, 3.8) is 0 Å². The minimum atomic E-state index is -0.248. The maximum Gasteiger partial charge on any atom is 0.257 e. The van der Waals surface area contributed by atoms with Gasteiger partial charge in [0.1, 0.15) is 6.07 Å². The van der Waals surface area contributed by atoms with Crippen molar-refractivity contribution in [1.82, 2.24) is 4.98 Å². The summed E-state index contributed by atoms with van der Waals surface area (Å²) >= 11 is 3.34. The zero-order valence-electron chi connectivity index (χ0n) is 10.9. The molecule has 0 bridgehead atoms. The molecular formula is C16H10BrN3O. The Morgan fingerprint density at radius 1 is 1.24 bits per heavy atom. The van der Waals surface area contributed by atoms with Gasteiger partial charge >= 0.3 is 0 Å². The van der Waals surface area contributed by atoms with Crippen molar-refractivity contribution in [3.05, 3.63) is 64.3 Å². The standard InChI is InChI=1S/C16H10BrN3O/c17-11-6-5-10(8-18)15(7-11)20-16(21)13-9-19-14-4-2-1-3-12(13)14/h1-7,9,19H,(H,20,21). The maximum absolute atomic E-state index is 12.4. The van der Waals surface area contributed by atoms with E-state index in [4.69, 9.17) is 5.26 Å². The number of aromatic nitrogens is 1. The summed E-state index contributed by atoms with van der Waals surface area (Å²) in [5, 5.41) is 12.7. The fourth-order valence-corrected chi connectivity index (χ4v) is 2.53. The highest BCUT2D eigenvalue weighted by molar-refractivity contribution is 9.10. The van der Waals surface area contributed by atoms with Crippen molar-refractivity contribution >= 4 is 38.4 Å². The van der Waals surface area contributed by atoms with E-state index in [0.29, 0.717) is 16.8 Å². The molecule has 0 saturated heterocycles. The van der Waals surface area contributed by atoms with Crippen molar-refractivity contribution in [3.8, 4) is 6.07 Å². The van der Waals surface area contributed by atoms with Crippen LogP contribution in [0.2, 0.25) is 0 Å². The molecule has 102 valence electrons. The molecule has 0 atom stereocenters. The van der Waals surface area contributed by atoms with E-state index in [-0.39, 0.29) is 5.91 Å². The lowest BCUT2D eigenvalue weighted by Crippen LogP contribution is -2.12. The molecule has 0 aliphatic heterocycles. The van der Waals surface area contributed by atoms with Crippen molar-refractivity contribution in [2.24, 2.45) is 0 Å². The summed E-state index contributed by atoms with van der Waals surface area (Å²) in [5.74, 6) is -0.248. The summed E-state index contributed by atoms with van der Waals surface area (Å²) in [6.07, 6.45) is 1.67. The maximum atomic E-state index is 12.4. The lowest BCUT2D eigenvalue weighted by atomic mass is 10.1. The largest absolute Gasteiger partial charge is 0.360 e. The number of aromatic amines is 1. The lowest BCUT2D eigenvalue weighted by Gasteiger charge is -2.07. The van der Waals surface area contributed by atoms with Gasteiger partial charge in [-0.3, -0.25) is 4.79 Å². The SMILES string of the molecule is N#Cc1ccc(Br)cc1NC(=O)c1c[nH]c2ccccc12. The minimum absolute atomic E-state index is 0.248. The number of rotatable bonds is 2. The van der Waals surface area contributed by atoms with Gasteiger partial charge in [0.05, 0.1) is 16.8 Å². The first-order valence-electron chi connectivity index (χ1n) is 6.26. The summed E-state index contributed by atoms with van der Waals surface area (Å²) in [7, 11) is 0. The quantitative estimate of drug-likeness (QED) is 0.739. The third-order valence-electron chi connectivity index (χ3n) is 3.18. The van der Waals surface area contributed by atoms with Crippen LogP contribution < -0.4 is 5.32 Å². The first-order chi connectivity index (χ1) is 10.2. The molecule has 3 rings (SSSR count). The number of benzene rings is 2. The van der Waals surface area contributed by atoms with Gasteiger partial charge in [0.15, 0.2) is 0 Å². The third kappa shape index (κ3) is 2.54. The second kappa shape index (κ2) is 5.43. The molecule has 21 heavy (non-hydrogen) atoms. The van der Waals surface area contributed by atoms with Crippen LogP contribution in [-0.2, 0) is 0 Å². The van der Waals surface area contributed by atoms with Crippen LogP contribution >= 0.6 is 15.9 Å². The number of halogens is 1. The smallest absolute Gasteiger partial charge is 0.257 e. The molecule has 0 radical (unpaired) electrons. The molecule has 0 aliphatic rings. The molecule has 0 spiro atoms. The predicted molar refractivity (Wildman–Crippen MR) is 85.1 cm³/mol. The normalized spacial score (nSPS) is 10.3. The summed E-state index contributed by atoms with van der Waals surface area (Å²) in [6.45, 7) is 0. The van der Waals surface area contributed by atoms with Crippen LogP contribution in [0.1, 0.15) is 15.9 Å². The van der Waals surface area contributed by atoms with Gasteiger partial charge in [-0.25, -0.2) is 0 Å². The monoisotopic (exact) mass is 339 g/mol. The van der Waals surface area contributed by atoms with E-state index in [2.05, 4.69) is 32.3 Å². The van der Waals surface area contributed by atoms with Gasteiger partial charge in [-0.1, -0.05) is 34.1 Å². The zero-order chi connectivity index (χ0) is 14.8. The van der Waals surface area contributed by atoms with Crippen LogP contribution in [0, 0.1) is 11.3 Å². The highest BCUT2D eigenvalue weighted by Gasteiger charge is 2.13. The van der Waals surface area contributed by atoms with Crippen LogP contribution in [0.4, 0.5) is 5.69 Å². The second-order valence-electron chi connectivity index (χ2n) is 4.50. The summed E-state index contributed by atoms with van der Waals surface area (Å²) in [5.41, 5.74) is 2.36.